The SMILES string of the molecule is CC(c1ccccc1)c1cc(C(C)c2ccccc2)c2o[p+](=O)c3cc(C(C)c4ccccc4)ccc3c2c1. The zero-order valence-electron chi connectivity index (χ0n) is 22.5. The third kappa shape index (κ3) is 4.82. The Bertz CT molecular complexity index is 1810. The first-order valence-electron chi connectivity index (χ1n) is 13.6. The van der Waals surface area contributed by atoms with Gasteiger partial charge in [0.2, 0.25) is 5.12 Å². The molecular formula is C36H32O2P+. The minimum absolute atomic E-state index is 0.0881. The van der Waals surface area contributed by atoms with E-state index < -0.39 is 7.65 Å². The van der Waals surface area contributed by atoms with Crippen LogP contribution < -0.4 is 0 Å². The molecule has 6 rings (SSSR count). The molecule has 0 radical (unpaired) electrons. The van der Waals surface area contributed by atoms with Crippen LogP contribution in [0.2, 0.25) is 0 Å². The van der Waals surface area contributed by atoms with Crippen molar-refractivity contribution in [3.63, 3.8) is 0 Å². The van der Waals surface area contributed by atoms with Crippen LogP contribution in [0, 0.1) is 0 Å². The van der Waals surface area contributed by atoms with E-state index in [1.54, 1.807) is 0 Å². The van der Waals surface area contributed by atoms with Crippen LogP contribution in [0.25, 0.3) is 21.5 Å². The van der Waals surface area contributed by atoms with Crippen LogP contribution in [-0.4, -0.2) is 0 Å². The second kappa shape index (κ2) is 10.6. The lowest BCUT2D eigenvalue weighted by atomic mass is 9.85. The highest BCUT2D eigenvalue weighted by atomic mass is 31.1. The maximum atomic E-state index is 13.6. The number of fused-ring (bicyclic) bond motifs is 3. The Balaban J connectivity index is 1.58. The summed E-state index contributed by atoms with van der Waals surface area (Å²) >= 11 is 0. The van der Waals surface area contributed by atoms with E-state index in [4.69, 9.17) is 4.20 Å². The summed E-state index contributed by atoms with van der Waals surface area (Å²) in [5.74, 6) is 0.485. The Hall–Kier alpha value is -4.00. The van der Waals surface area contributed by atoms with Crippen LogP contribution in [0.15, 0.2) is 126 Å². The molecule has 4 unspecified atom stereocenters. The van der Waals surface area contributed by atoms with Crippen LogP contribution in [0.1, 0.15) is 71.9 Å². The number of benzene rings is 5. The fourth-order valence-corrected chi connectivity index (χ4v) is 6.78. The van der Waals surface area contributed by atoms with Gasteiger partial charge in [0.1, 0.15) is 0 Å². The van der Waals surface area contributed by atoms with Gasteiger partial charge in [-0.25, -0.2) is 4.20 Å². The Morgan fingerprint density at radius 1 is 0.513 bits per heavy atom. The topological polar surface area (TPSA) is 30.2 Å². The van der Waals surface area contributed by atoms with Crippen molar-refractivity contribution in [1.82, 2.24) is 0 Å². The molecule has 0 saturated heterocycles. The van der Waals surface area contributed by atoms with Gasteiger partial charge >= 0.3 is 7.65 Å². The molecule has 1 heterocycles. The van der Waals surface area contributed by atoms with Gasteiger partial charge in [-0.05, 0) is 50.6 Å². The molecule has 192 valence electrons. The summed E-state index contributed by atoms with van der Waals surface area (Å²) in [6.07, 6.45) is 0. The highest BCUT2D eigenvalue weighted by molar-refractivity contribution is 7.37. The lowest BCUT2D eigenvalue weighted by Crippen LogP contribution is -2.02. The number of hydrogen-bond acceptors (Lipinski definition) is 2. The first-order valence-corrected chi connectivity index (χ1v) is 14.8. The van der Waals surface area contributed by atoms with E-state index in [0.29, 0.717) is 0 Å². The Morgan fingerprint density at radius 2 is 1.03 bits per heavy atom. The van der Waals surface area contributed by atoms with Gasteiger partial charge in [-0.1, -0.05) is 124 Å². The summed E-state index contributed by atoms with van der Waals surface area (Å²) in [7, 11) is -2.03. The standard InChI is InChI=1S/C36H32O2P/c1-24(27-13-7-4-8-14-27)30-19-20-32-34-22-31(25(2)28-15-9-5-10-16-28)21-33(26(3)29-17-11-6-12-18-29)36(34)38-39(37)35(32)23-30/h4-26H,1-3H3/q+1. The van der Waals surface area contributed by atoms with Crippen molar-refractivity contribution < 1.29 is 8.76 Å². The van der Waals surface area contributed by atoms with Crippen LogP contribution in [0.5, 0.6) is 0 Å². The molecule has 0 N–H and O–H groups in total. The van der Waals surface area contributed by atoms with Gasteiger partial charge in [0.05, 0.1) is 0 Å². The van der Waals surface area contributed by atoms with Crippen molar-refractivity contribution in [3.8, 4) is 0 Å². The predicted molar refractivity (Wildman–Crippen MR) is 163 cm³/mol. The largest absolute Gasteiger partial charge is 0.597 e. The number of rotatable bonds is 6. The molecule has 0 aliphatic heterocycles. The molecule has 4 atom stereocenters. The zero-order chi connectivity index (χ0) is 26.9. The average Bonchev–Trinajstić information content (AvgIpc) is 3.01. The van der Waals surface area contributed by atoms with E-state index in [-0.39, 0.29) is 17.8 Å². The molecule has 6 aromatic rings. The van der Waals surface area contributed by atoms with Crippen molar-refractivity contribution in [2.45, 2.75) is 38.5 Å². The van der Waals surface area contributed by atoms with Gasteiger partial charge in [-0.2, -0.15) is 0 Å². The average molecular weight is 528 g/mol. The van der Waals surface area contributed by atoms with Gasteiger partial charge < -0.3 is 0 Å². The van der Waals surface area contributed by atoms with Crippen molar-refractivity contribution in [2.24, 2.45) is 0 Å². The molecule has 1 aromatic heterocycles. The lowest BCUT2D eigenvalue weighted by Gasteiger charge is -2.19. The molecule has 0 saturated carbocycles. The van der Waals surface area contributed by atoms with Crippen molar-refractivity contribution in [1.29, 1.82) is 0 Å². The van der Waals surface area contributed by atoms with Gasteiger partial charge in [0, 0.05) is 34.1 Å². The van der Waals surface area contributed by atoms with E-state index in [1.165, 1.54) is 22.3 Å². The van der Waals surface area contributed by atoms with Gasteiger partial charge in [0.15, 0.2) is 5.58 Å². The number of hydrogen-bond donors (Lipinski definition) is 0. The van der Waals surface area contributed by atoms with E-state index in [2.05, 4.69) is 130 Å². The van der Waals surface area contributed by atoms with Crippen LogP contribution in [-0.2, 0) is 4.57 Å². The van der Waals surface area contributed by atoms with Crippen LogP contribution in [0.4, 0.5) is 0 Å². The van der Waals surface area contributed by atoms with Crippen LogP contribution >= 0.6 is 7.65 Å². The highest BCUT2D eigenvalue weighted by Crippen LogP contribution is 2.43. The van der Waals surface area contributed by atoms with Crippen molar-refractivity contribution >= 4 is 29.1 Å². The first-order chi connectivity index (χ1) is 19.0. The highest BCUT2D eigenvalue weighted by Gasteiger charge is 2.25. The lowest BCUT2D eigenvalue weighted by molar-refractivity contribution is 0.562. The van der Waals surface area contributed by atoms with E-state index in [0.717, 1.165) is 32.6 Å². The molecule has 0 fully saturated rings. The summed E-state index contributed by atoms with van der Waals surface area (Å²) in [5.41, 5.74) is 7.91. The quantitative estimate of drug-likeness (QED) is 0.202. The predicted octanol–water partition coefficient (Wildman–Crippen LogP) is 10.8. The minimum Gasteiger partial charge on any atom is -0.249 e. The van der Waals surface area contributed by atoms with Gasteiger partial charge in [-0.15, -0.1) is 0 Å². The smallest absolute Gasteiger partial charge is 0.249 e. The molecular weight excluding hydrogens is 495 g/mol. The monoisotopic (exact) mass is 527 g/mol. The van der Waals surface area contributed by atoms with E-state index in [9.17, 15) is 4.57 Å². The Morgan fingerprint density at radius 3 is 1.59 bits per heavy atom. The normalized spacial score (nSPS) is 14.3. The minimum atomic E-state index is -2.03. The zero-order valence-corrected chi connectivity index (χ0v) is 23.4. The van der Waals surface area contributed by atoms with E-state index >= 15 is 0 Å². The van der Waals surface area contributed by atoms with Crippen molar-refractivity contribution in [3.05, 3.63) is 155 Å². The maximum absolute atomic E-state index is 13.6. The first kappa shape index (κ1) is 25.3. The van der Waals surface area contributed by atoms with Crippen molar-refractivity contribution in [2.75, 3.05) is 0 Å². The summed E-state index contributed by atoms with van der Waals surface area (Å²) in [5, 5.41) is 2.81. The summed E-state index contributed by atoms with van der Waals surface area (Å²) < 4.78 is 20.0. The van der Waals surface area contributed by atoms with Gasteiger partial charge in [0.25, 0.3) is 0 Å². The summed E-state index contributed by atoms with van der Waals surface area (Å²) in [6.45, 7) is 6.66. The molecule has 0 spiro atoms. The van der Waals surface area contributed by atoms with Crippen LogP contribution in [0.3, 0.4) is 0 Å². The summed E-state index contributed by atoms with van der Waals surface area (Å²) in [6, 6.07) is 42.5. The second-order valence-electron chi connectivity index (χ2n) is 10.5. The van der Waals surface area contributed by atoms with Gasteiger partial charge in [-0.3, -0.25) is 0 Å². The molecule has 0 aliphatic carbocycles. The maximum Gasteiger partial charge on any atom is 0.597 e. The molecule has 0 bridgehead atoms. The molecule has 39 heavy (non-hydrogen) atoms. The molecule has 0 aliphatic rings. The fourth-order valence-electron chi connectivity index (χ4n) is 5.67. The fraction of sp³-hybridized carbons (Fsp3) is 0.167. The third-order valence-corrected chi connectivity index (χ3v) is 9.30. The second-order valence-corrected chi connectivity index (χ2v) is 11.7. The summed E-state index contributed by atoms with van der Waals surface area (Å²) in [4.78, 5) is 0. The molecule has 5 aromatic carbocycles. The molecule has 0 amide bonds. The van der Waals surface area contributed by atoms with E-state index in [1.807, 2.05) is 12.1 Å². The Labute approximate surface area is 230 Å². The third-order valence-electron chi connectivity index (χ3n) is 8.19. The molecule has 3 heteroatoms. The Kier molecular flexibility index (Phi) is 6.90. The molecule has 2 nitrogen and oxygen atoms in total.